The zero-order chi connectivity index (χ0) is 12.4. The molecule has 0 amide bonds. The number of piperazine rings is 1. The van der Waals surface area contributed by atoms with E-state index in [1.165, 1.54) is 71.4 Å². The van der Waals surface area contributed by atoms with E-state index in [2.05, 4.69) is 22.0 Å². The lowest BCUT2D eigenvalue weighted by molar-refractivity contribution is 0.0865. The molecule has 104 valence electrons. The number of hydrogen-bond donors (Lipinski definition) is 1. The zero-order valence-corrected chi connectivity index (χ0v) is 11.9. The molecule has 0 radical (unpaired) electrons. The average Bonchev–Trinajstić information content (AvgIpc) is 3.03. The van der Waals surface area contributed by atoms with Gasteiger partial charge in [-0.15, -0.1) is 0 Å². The van der Waals surface area contributed by atoms with E-state index in [4.69, 9.17) is 0 Å². The first-order chi connectivity index (χ1) is 8.83. The van der Waals surface area contributed by atoms with Gasteiger partial charge in [0.25, 0.3) is 0 Å². The minimum Gasteiger partial charge on any atom is -0.314 e. The molecule has 0 aromatic rings. The molecule has 0 spiro atoms. The molecule has 1 aliphatic carbocycles. The van der Waals surface area contributed by atoms with Crippen LogP contribution in [0.2, 0.25) is 0 Å². The van der Waals surface area contributed by atoms with Gasteiger partial charge in [-0.3, -0.25) is 4.90 Å². The highest BCUT2D eigenvalue weighted by atomic mass is 15.3. The van der Waals surface area contributed by atoms with E-state index in [-0.39, 0.29) is 0 Å². The third kappa shape index (κ3) is 2.89. The summed E-state index contributed by atoms with van der Waals surface area (Å²) < 4.78 is 0. The molecule has 2 saturated heterocycles. The number of nitrogens with zero attached hydrogens (tertiary/aromatic N) is 2. The minimum absolute atomic E-state index is 0.734. The predicted octanol–water partition coefficient (Wildman–Crippen LogP) is 1.54. The number of rotatable bonds is 3. The van der Waals surface area contributed by atoms with Gasteiger partial charge in [0, 0.05) is 44.8 Å². The summed E-state index contributed by atoms with van der Waals surface area (Å²) in [5.41, 5.74) is 0. The van der Waals surface area contributed by atoms with E-state index in [9.17, 15) is 0 Å². The third-order valence-corrected chi connectivity index (χ3v) is 5.43. The van der Waals surface area contributed by atoms with Gasteiger partial charge in [0.2, 0.25) is 0 Å². The molecule has 0 aromatic carbocycles. The molecule has 2 heterocycles. The Morgan fingerprint density at radius 1 is 1.00 bits per heavy atom. The Labute approximate surface area is 112 Å². The molecule has 0 bridgehead atoms. The Hall–Kier alpha value is -0.120. The van der Waals surface area contributed by atoms with Crippen molar-refractivity contribution in [2.45, 2.75) is 51.1 Å². The van der Waals surface area contributed by atoms with E-state index < -0.39 is 0 Å². The molecule has 3 aliphatic rings. The molecule has 3 rings (SSSR count). The predicted molar refractivity (Wildman–Crippen MR) is 75.8 cm³/mol. The first kappa shape index (κ1) is 12.9. The van der Waals surface area contributed by atoms with Crippen molar-refractivity contribution >= 4 is 0 Å². The van der Waals surface area contributed by atoms with Crippen LogP contribution in [0.1, 0.15) is 39.0 Å². The molecule has 0 aromatic heterocycles. The van der Waals surface area contributed by atoms with Crippen LogP contribution in [0.4, 0.5) is 0 Å². The van der Waals surface area contributed by atoms with Crippen molar-refractivity contribution in [3.63, 3.8) is 0 Å². The van der Waals surface area contributed by atoms with Gasteiger partial charge in [0.1, 0.15) is 0 Å². The topological polar surface area (TPSA) is 18.5 Å². The zero-order valence-electron chi connectivity index (χ0n) is 11.9. The summed E-state index contributed by atoms with van der Waals surface area (Å²) in [6.07, 6.45) is 7.24. The fourth-order valence-electron chi connectivity index (χ4n) is 4.07. The lowest BCUT2D eigenvalue weighted by Crippen LogP contribution is -2.51. The Morgan fingerprint density at radius 3 is 2.33 bits per heavy atom. The van der Waals surface area contributed by atoms with Crippen LogP contribution in [0.5, 0.6) is 0 Å². The van der Waals surface area contributed by atoms with Crippen LogP contribution in [-0.4, -0.2) is 61.2 Å². The van der Waals surface area contributed by atoms with Gasteiger partial charge in [-0.1, -0.05) is 12.8 Å². The highest BCUT2D eigenvalue weighted by molar-refractivity contribution is 4.86. The first-order valence-electron chi connectivity index (χ1n) is 8.03. The van der Waals surface area contributed by atoms with Crippen molar-refractivity contribution in [1.29, 1.82) is 0 Å². The van der Waals surface area contributed by atoms with Crippen LogP contribution in [0.15, 0.2) is 0 Å². The smallest absolute Gasteiger partial charge is 0.0113 e. The van der Waals surface area contributed by atoms with Gasteiger partial charge in [0.05, 0.1) is 0 Å². The highest BCUT2D eigenvalue weighted by Crippen LogP contribution is 2.25. The van der Waals surface area contributed by atoms with E-state index in [0.717, 1.165) is 18.0 Å². The minimum atomic E-state index is 0.734. The van der Waals surface area contributed by atoms with Crippen molar-refractivity contribution in [2.75, 3.05) is 39.3 Å². The average molecular weight is 251 g/mol. The first-order valence-corrected chi connectivity index (χ1v) is 8.03. The maximum Gasteiger partial charge on any atom is 0.0113 e. The largest absolute Gasteiger partial charge is 0.314 e. The molecule has 3 nitrogen and oxygen atoms in total. The molecule has 1 N–H and O–H groups in total. The third-order valence-electron chi connectivity index (χ3n) is 5.43. The van der Waals surface area contributed by atoms with Gasteiger partial charge < -0.3 is 10.2 Å². The van der Waals surface area contributed by atoms with Gasteiger partial charge >= 0.3 is 0 Å². The fourth-order valence-corrected chi connectivity index (χ4v) is 4.07. The molecule has 3 heteroatoms. The van der Waals surface area contributed by atoms with Crippen molar-refractivity contribution in [1.82, 2.24) is 15.1 Å². The monoisotopic (exact) mass is 251 g/mol. The molecular formula is C15H29N3. The summed E-state index contributed by atoms with van der Waals surface area (Å²) in [7, 11) is 0. The van der Waals surface area contributed by atoms with Gasteiger partial charge in [-0.05, 0) is 38.6 Å². The fraction of sp³-hybridized carbons (Fsp3) is 1.00. The second kappa shape index (κ2) is 5.89. The Bertz CT molecular complexity index is 254. The van der Waals surface area contributed by atoms with Crippen molar-refractivity contribution in [2.24, 2.45) is 5.92 Å². The Kier molecular flexibility index (Phi) is 4.22. The van der Waals surface area contributed by atoms with Gasteiger partial charge in [-0.2, -0.15) is 0 Å². The van der Waals surface area contributed by atoms with E-state index in [0.29, 0.717) is 0 Å². The van der Waals surface area contributed by atoms with Crippen LogP contribution in [-0.2, 0) is 0 Å². The van der Waals surface area contributed by atoms with Crippen LogP contribution in [0.3, 0.4) is 0 Å². The van der Waals surface area contributed by atoms with Crippen molar-refractivity contribution in [3.05, 3.63) is 0 Å². The number of hydrogen-bond acceptors (Lipinski definition) is 3. The molecule has 2 unspecified atom stereocenters. The van der Waals surface area contributed by atoms with Crippen LogP contribution < -0.4 is 5.32 Å². The van der Waals surface area contributed by atoms with Crippen molar-refractivity contribution in [3.8, 4) is 0 Å². The molecular weight excluding hydrogens is 222 g/mol. The van der Waals surface area contributed by atoms with E-state index in [1.807, 2.05) is 0 Å². The van der Waals surface area contributed by atoms with E-state index >= 15 is 0 Å². The van der Waals surface area contributed by atoms with Crippen molar-refractivity contribution < 1.29 is 0 Å². The lowest BCUT2D eigenvalue weighted by atomic mass is 10.0. The molecule has 18 heavy (non-hydrogen) atoms. The number of nitrogens with one attached hydrogen (secondary N) is 1. The normalized spacial score (nSPS) is 36.5. The lowest BCUT2D eigenvalue weighted by Gasteiger charge is -2.39. The van der Waals surface area contributed by atoms with Crippen LogP contribution in [0, 0.1) is 5.92 Å². The SMILES string of the molecule is CC1NCCC1CN1CCN(C2CCCC2)CC1. The standard InChI is InChI=1S/C15H29N3/c1-13-14(6-7-16-13)12-17-8-10-18(11-9-17)15-4-2-3-5-15/h13-16H,2-12H2,1H3. The molecule has 3 fully saturated rings. The molecule has 2 atom stereocenters. The van der Waals surface area contributed by atoms with Crippen LogP contribution in [0.25, 0.3) is 0 Å². The van der Waals surface area contributed by atoms with Gasteiger partial charge in [0.15, 0.2) is 0 Å². The summed E-state index contributed by atoms with van der Waals surface area (Å²) in [6.45, 7) is 10.2. The quantitative estimate of drug-likeness (QED) is 0.821. The summed E-state index contributed by atoms with van der Waals surface area (Å²) in [5.74, 6) is 0.892. The highest BCUT2D eigenvalue weighted by Gasteiger charge is 2.29. The second-order valence-electron chi connectivity index (χ2n) is 6.57. The van der Waals surface area contributed by atoms with Crippen LogP contribution >= 0.6 is 0 Å². The summed E-state index contributed by atoms with van der Waals surface area (Å²) >= 11 is 0. The summed E-state index contributed by atoms with van der Waals surface area (Å²) in [5, 5.41) is 3.58. The molecule has 1 saturated carbocycles. The second-order valence-corrected chi connectivity index (χ2v) is 6.57. The maximum absolute atomic E-state index is 3.58. The van der Waals surface area contributed by atoms with Gasteiger partial charge in [-0.25, -0.2) is 0 Å². The Morgan fingerprint density at radius 2 is 1.72 bits per heavy atom. The Balaban J connectivity index is 1.42. The molecule has 2 aliphatic heterocycles. The maximum atomic E-state index is 3.58. The summed E-state index contributed by atoms with van der Waals surface area (Å²) in [6, 6.07) is 1.66. The summed E-state index contributed by atoms with van der Waals surface area (Å²) in [4.78, 5) is 5.47. The van der Waals surface area contributed by atoms with E-state index in [1.54, 1.807) is 0 Å².